The molecular weight excluding hydrogens is 440 g/mol. The molecule has 5 aromatic rings. The molecule has 0 aliphatic rings. The van der Waals surface area contributed by atoms with Crippen molar-refractivity contribution in [3.05, 3.63) is 109 Å². The first kappa shape index (κ1) is 22.0. The molecule has 2 amide bonds. The summed E-state index contributed by atoms with van der Waals surface area (Å²) in [4.78, 5) is 25.2. The predicted octanol–water partition coefficient (Wildman–Crippen LogP) is 7.52. The second-order valence-corrected chi connectivity index (χ2v) is 8.01. The maximum absolute atomic E-state index is 12.6. The number of ether oxygens (including phenoxy) is 2. The van der Waals surface area contributed by atoms with Crippen LogP contribution < -0.4 is 20.1 Å². The normalized spacial score (nSPS) is 10.7. The average molecular weight is 463 g/mol. The van der Waals surface area contributed by atoms with Gasteiger partial charge in [-0.1, -0.05) is 78.9 Å². The Morgan fingerprint density at radius 1 is 0.600 bits per heavy atom. The molecule has 0 fully saturated rings. The monoisotopic (exact) mass is 462 g/mol. The highest BCUT2D eigenvalue weighted by molar-refractivity contribution is 5.95. The maximum atomic E-state index is 12.6. The number of aryl methyl sites for hydroxylation is 1. The second-order valence-electron chi connectivity index (χ2n) is 8.01. The van der Waals surface area contributed by atoms with Gasteiger partial charge >= 0.3 is 12.2 Å². The summed E-state index contributed by atoms with van der Waals surface area (Å²) >= 11 is 0. The lowest BCUT2D eigenvalue weighted by molar-refractivity contribution is 0.215. The van der Waals surface area contributed by atoms with Gasteiger partial charge in [0.1, 0.15) is 11.5 Å². The number of hydrogen-bond donors (Lipinski definition) is 2. The van der Waals surface area contributed by atoms with Gasteiger partial charge in [-0.25, -0.2) is 9.59 Å². The van der Waals surface area contributed by atoms with E-state index in [4.69, 9.17) is 9.47 Å². The van der Waals surface area contributed by atoms with Gasteiger partial charge in [-0.15, -0.1) is 0 Å². The molecule has 0 unspecified atom stereocenters. The van der Waals surface area contributed by atoms with Gasteiger partial charge in [-0.3, -0.25) is 10.6 Å². The fourth-order valence-electron chi connectivity index (χ4n) is 3.88. The number of hydrogen-bond acceptors (Lipinski definition) is 4. The van der Waals surface area contributed by atoms with E-state index in [9.17, 15) is 9.59 Å². The number of anilines is 2. The summed E-state index contributed by atoms with van der Waals surface area (Å²) in [7, 11) is 0. The lowest BCUT2D eigenvalue weighted by Gasteiger charge is -2.13. The van der Waals surface area contributed by atoms with Crippen molar-refractivity contribution in [3.63, 3.8) is 0 Å². The van der Waals surface area contributed by atoms with Crippen molar-refractivity contribution in [1.29, 1.82) is 0 Å². The fraction of sp³-hybridized carbons (Fsp3) is 0.0345. The van der Waals surface area contributed by atoms with Crippen LogP contribution in [0.4, 0.5) is 21.0 Å². The van der Waals surface area contributed by atoms with Gasteiger partial charge in [0.05, 0.1) is 0 Å². The second kappa shape index (κ2) is 9.57. The molecular formula is C29H22N2O4. The molecule has 35 heavy (non-hydrogen) atoms. The molecule has 0 radical (unpaired) electrons. The fourth-order valence-corrected chi connectivity index (χ4v) is 3.88. The molecule has 0 heterocycles. The molecule has 0 aromatic heterocycles. The van der Waals surface area contributed by atoms with Crippen LogP contribution in [0.2, 0.25) is 0 Å². The molecule has 0 saturated heterocycles. The van der Waals surface area contributed by atoms with Gasteiger partial charge in [0.2, 0.25) is 0 Å². The van der Waals surface area contributed by atoms with Crippen LogP contribution in [0.1, 0.15) is 5.56 Å². The third-order valence-electron chi connectivity index (χ3n) is 5.63. The third-order valence-corrected chi connectivity index (χ3v) is 5.63. The van der Waals surface area contributed by atoms with E-state index in [1.807, 2.05) is 79.7 Å². The molecule has 0 spiro atoms. The summed E-state index contributed by atoms with van der Waals surface area (Å²) in [5.41, 5.74) is 1.80. The van der Waals surface area contributed by atoms with E-state index >= 15 is 0 Å². The van der Waals surface area contributed by atoms with Gasteiger partial charge in [-0.05, 0) is 47.5 Å². The van der Waals surface area contributed by atoms with Gasteiger partial charge in [0, 0.05) is 22.1 Å². The summed E-state index contributed by atoms with van der Waals surface area (Å²) < 4.78 is 11.1. The van der Waals surface area contributed by atoms with Crippen LogP contribution in [-0.2, 0) is 0 Å². The number of benzene rings is 5. The number of amides is 2. The molecule has 0 bridgehead atoms. The molecule has 0 saturated carbocycles. The van der Waals surface area contributed by atoms with Crippen molar-refractivity contribution in [2.75, 3.05) is 10.6 Å². The zero-order chi connectivity index (χ0) is 24.2. The Morgan fingerprint density at radius 3 is 1.71 bits per heavy atom. The van der Waals surface area contributed by atoms with Gasteiger partial charge in [0.15, 0.2) is 0 Å². The largest absolute Gasteiger partial charge is 0.417 e. The predicted molar refractivity (Wildman–Crippen MR) is 138 cm³/mol. The topological polar surface area (TPSA) is 76.7 Å². The van der Waals surface area contributed by atoms with E-state index in [0.29, 0.717) is 22.9 Å². The highest BCUT2D eigenvalue weighted by Crippen LogP contribution is 2.28. The first-order chi connectivity index (χ1) is 17.1. The highest BCUT2D eigenvalue weighted by Gasteiger charge is 2.13. The van der Waals surface area contributed by atoms with Crippen LogP contribution in [0.5, 0.6) is 11.5 Å². The van der Waals surface area contributed by atoms with Crippen LogP contribution in [-0.4, -0.2) is 12.2 Å². The van der Waals surface area contributed by atoms with E-state index in [0.717, 1.165) is 27.1 Å². The van der Waals surface area contributed by atoms with Crippen LogP contribution >= 0.6 is 0 Å². The van der Waals surface area contributed by atoms with Crippen molar-refractivity contribution in [2.24, 2.45) is 0 Å². The molecule has 0 aliphatic heterocycles. The average Bonchev–Trinajstić information content (AvgIpc) is 2.86. The Bertz CT molecular complexity index is 1550. The number of nitrogens with one attached hydrogen (secondary N) is 2. The minimum atomic E-state index is -0.630. The van der Waals surface area contributed by atoms with Crippen LogP contribution in [0.3, 0.4) is 0 Å². The summed E-state index contributed by atoms with van der Waals surface area (Å²) in [6.45, 7) is 1.85. The first-order valence-electron chi connectivity index (χ1n) is 11.1. The molecule has 6 heteroatoms. The SMILES string of the molecule is Cc1ccc(NC(=O)Oc2cccc3ccccc23)cc1NC(=O)Oc1cccc2ccccc12. The van der Waals surface area contributed by atoms with E-state index < -0.39 is 12.2 Å². The van der Waals surface area contributed by atoms with Crippen LogP contribution in [0.25, 0.3) is 21.5 Å². The quantitative estimate of drug-likeness (QED) is 0.289. The standard InChI is InChI=1S/C29H22N2O4/c1-19-16-17-22(30-28(32)34-26-14-6-10-20-8-2-4-12-23(20)26)18-25(19)31-29(33)35-27-15-7-11-21-9-3-5-13-24(21)27/h2-18H,1H3,(H,30,32)(H,31,33). The Morgan fingerprint density at radius 2 is 1.11 bits per heavy atom. The number of fused-ring (bicyclic) bond motifs is 2. The minimum absolute atomic E-state index is 0.463. The zero-order valence-electron chi connectivity index (χ0n) is 18.9. The molecule has 0 atom stereocenters. The van der Waals surface area contributed by atoms with E-state index in [1.165, 1.54) is 0 Å². The van der Waals surface area contributed by atoms with Crippen LogP contribution in [0, 0.1) is 6.92 Å². The number of carbonyl (C=O) groups excluding carboxylic acids is 2. The Kier molecular flexibility index (Phi) is 6.01. The molecule has 172 valence electrons. The van der Waals surface area contributed by atoms with Crippen molar-refractivity contribution in [1.82, 2.24) is 0 Å². The van der Waals surface area contributed by atoms with E-state index in [1.54, 1.807) is 30.3 Å². The van der Waals surface area contributed by atoms with Gasteiger partial charge in [0.25, 0.3) is 0 Å². The van der Waals surface area contributed by atoms with Crippen molar-refractivity contribution >= 4 is 45.1 Å². The zero-order valence-corrected chi connectivity index (χ0v) is 18.9. The van der Waals surface area contributed by atoms with Gasteiger partial charge in [-0.2, -0.15) is 0 Å². The van der Waals surface area contributed by atoms with Crippen molar-refractivity contribution in [3.8, 4) is 11.5 Å². The Labute approximate surface area is 202 Å². The van der Waals surface area contributed by atoms with Crippen LogP contribution in [0.15, 0.2) is 103 Å². The summed E-state index contributed by atoms with van der Waals surface area (Å²) in [5, 5.41) is 9.11. The summed E-state index contributed by atoms with van der Waals surface area (Å²) in [6, 6.07) is 31.6. The first-order valence-corrected chi connectivity index (χ1v) is 11.1. The molecule has 5 aromatic carbocycles. The van der Waals surface area contributed by atoms with E-state index in [2.05, 4.69) is 10.6 Å². The molecule has 2 N–H and O–H groups in total. The highest BCUT2D eigenvalue weighted by atomic mass is 16.6. The lowest BCUT2D eigenvalue weighted by Crippen LogP contribution is -2.19. The van der Waals surface area contributed by atoms with Crippen molar-refractivity contribution < 1.29 is 19.1 Å². The lowest BCUT2D eigenvalue weighted by atomic mass is 10.1. The maximum Gasteiger partial charge on any atom is 0.417 e. The summed E-state index contributed by atoms with van der Waals surface area (Å²) in [5.74, 6) is 0.927. The Balaban J connectivity index is 1.28. The van der Waals surface area contributed by atoms with E-state index in [-0.39, 0.29) is 0 Å². The number of rotatable bonds is 4. The van der Waals surface area contributed by atoms with Crippen molar-refractivity contribution in [2.45, 2.75) is 6.92 Å². The van der Waals surface area contributed by atoms with Gasteiger partial charge < -0.3 is 9.47 Å². The molecule has 5 rings (SSSR count). The Hall–Kier alpha value is -4.84. The third kappa shape index (κ3) is 4.91. The summed E-state index contributed by atoms with van der Waals surface area (Å²) in [6.07, 6.45) is -1.26. The minimum Gasteiger partial charge on any atom is -0.409 e. The molecule has 0 aliphatic carbocycles. The smallest absolute Gasteiger partial charge is 0.409 e. The molecule has 6 nitrogen and oxygen atoms in total. The number of carbonyl (C=O) groups is 2.